The molecule has 0 saturated carbocycles. The molecule has 0 N–H and O–H groups in total. The number of Topliss-reactive ketones (excluding diaryl/α,β-unsaturated/α-hetero) is 1. The topological polar surface area (TPSA) is 55.3 Å². The molecule has 1 aliphatic heterocycles. The van der Waals surface area contributed by atoms with Gasteiger partial charge in [-0.05, 0) is 0 Å². The van der Waals surface area contributed by atoms with E-state index in [1.165, 1.54) is 0 Å². The van der Waals surface area contributed by atoms with E-state index in [4.69, 9.17) is 4.74 Å². The van der Waals surface area contributed by atoms with Crippen LogP contribution in [0.2, 0.25) is 0 Å². The molecule has 2 rings (SSSR count). The molecule has 1 fully saturated rings. The van der Waals surface area contributed by atoms with E-state index in [0.29, 0.717) is 37.6 Å². The average molecular weight is 207 g/mol. The number of piperidine rings is 1. The fourth-order valence-electron chi connectivity index (χ4n) is 1.65. The van der Waals surface area contributed by atoms with Crippen LogP contribution < -0.4 is 9.64 Å². The molecule has 1 aliphatic rings. The lowest BCUT2D eigenvalue weighted by atomic mass is 10.1. The molecule has 0 unspecified atom stereocenters. The minimum absolute atomic E-state index is 0.314. The molecule has 0 aromatic carbocycles. The van der Waals surface area contributed by atoms with Crippen LogP contribution in [0.3, 0.4) is 0 Å². The number of methoxy groups -OCH3 is 1. The Labute approximate surface area is 88.1 Å². The summed E-state index contributed by atoms with van der Waals surface area (Å²) in [6.45, 7) is 1.40. The van der Waals surface area contributed by atoms with Gasteiger partial charge in [0.2, 0.25) is 0 Å². The van der Waals surface area contributed by atoms with E-state index in [-0.39, 0.29) is 0 Å². The Bertz CT molecular complexity index is 357. The third-order valence-corrected chi connectivity index (χ3v) is 2.46. The van der Waals surface area contributed by atoms with Crippen LogP contribution in [0, 0.1) is 0 Å². The van der Waals surface area contributed by atoms with Gasteiger partial charge in [0.1, 0.15) is 5.78 Å². The maximum absolute atomic E-state index is 11.1. The maximum atomic E-state index is 11.1. The van der Waals surface area contributed by atoms with Crippen LogP contribution >= 0.6 is 0 Å². The van der Waals surface area contributed by atoms with Crippen molar-refractivity contribution in [3.8, 4) is 5.88 Å². The van der Waals surface area contributed by atoms with Crippen LogP contribution in [0.25, 0.3) is 0 Å². The van der Waals surface area contributed by atoms with Gasteiger partial charge in [0, 0.05) is 38.3 Å². The average Bonchev–Trinajstić information content (AvgIpc) is 2.30. The van der Waals surface area contributed by atoms with Crippen LogP contribution in [0.1, 0.15) is 12.8 Å². The Morgan fingerprint density at radius 3 is 2.60 bits per heavy atom. The summed E-state index contributed by atoms with van der Waals surface area (Å²) in [6, 6.07) is 0. The van der Waals surface area contributed by atoms with Gasteiger partial charge in [0.15, 0.2) is 5.82 Å². The number of anilines is 1. The molecular weight excluding hydrogens is 194 g/mol. The van der Waals surface area contributed by atoms with E-state index >= 15 is 0 Å². The van der Waals surface area contributed by atoms with E-state index in [9.17, 15) is 4.79 Å². The van der Waals surface area contributed by atoms with Gasteiger partial charge in [-0.2, -0.15) is 0 Å². The molecule has 0 bridgehead atoms. The lowest BCUT2D eigenvalue weighted by Gasteiger charge is -2.27. The molecule has 5 nitrogen and oxygen atoms in total. The first kappa shape index (κ1) is 9.89. The number of nitrogens with zero attached hydrogens (tertiary/aromatic N) is 3. The van der Waals surface area contributed by atoms with Crippen LogP contribution in [0.15, 0.2) is 12.4 Å². The third kappa shape index (κ3) is 2.06. The van der Waals surface area contributed by atoms with Gasteiger partial charge in [0.25, 0.3) is 5.88 Å². The zero-order valence-corrected chi connectivity index (χ0v) is 8.64. The van der Waals surface area contributed by atoms with Crippen molar-refractivity contribution < 1.29 is 9.53 Å². The molecule has 1 aromatic rings. The van der Waals surface area contributed by atoms with Crippen molar-refractivity contribution >= 4 is 11.6 Å². The first-order chi connectivity index (χ1) is 7.31. The summed E-state index contributed by atoms with van der Waals surface area (Å²) < 4.78 is 5.13. The van der Waals surface area contributed by atoms with Crippen molar-refractivity contribution in [3.05, 3.63) is 12.4 Å². The fraction of sp³-hybridized carbons (Fsp3) is 0.500. The number of aromatic nitrogens is 2. The highest BCUT2D eigenvalue weighted by Gasteiger charge is 2.20. The Hall–Kier alpha value is -1.65. The first-order valence-corrected chi connectivity index (χ1v) is 4.93. The minimum Gasteiger partial charge on any atom is -0.478 e. The van der Waals surface area contributed by atoms with Crippen LogP contribution in [0.4, 0.5) is 5.82 Å². The van der Waals surface area contributed by atoms with Gasteiger partial charge in [-0.25, -0.2) is 9.97 Å². The van der Waals surface area contributed by atoms with Gasteiger partial charge >= 0.3 is 0 Å². The lowest BCUT2D eigenvalue weighted by molar-refractivity contribution is -0.119. The highest BCUT2D eigenvalue weighted by molar-refractivity contribution is 5.81. The summed E-state index contributed by atoms with van der Waals surface area (Å²) in [6.07, 6.45) is 4.39. The second-order valence-electron chi connectivity index (χ2n) is 3.41. The SMILES string of the molecule is COc1nccnc1N1CCC(=O)CC1. The van der Waals surface area contributed by atoms with Gasteiger partial charge in [-0.1, -0.05) is 0 Å². The monoisotopic (exact) mass is 207 g/mol. The van der Waals surface area contributed by atoms with Crippen LogP contribution in [0.5, 0.6) is 5.88 Å². The molecular formula is C10H13N3O2. The number of carbonyl (C=O) groups excluding carboxylic acids is 1. The van der Waals surface area contributed by atoms with Crippen molar-refractivity contribution in [2.45, 2.75) is 12.8 Å². The smallest absolute Gasteiger partial charge is 0.257 e. The Kier molecular flexibility index (Phi) is 2.80. The van der Waals surface area contributed by atoms with Crippen LogP contribution in [-0.4, -0.2) is 36.0 Å². The van der Waals surface area contributed by atoms with E-state index in [1.807, 2.05) is 4.90 Å². The highest BCUT2D eigenvalue weighted by atomic mass is 16.5. The van der Waals surface area contributed by atoms with Gasteiger partial charge in [-0.3, -0.25) is 4.79 Å². The van der Waals surface area contributed by atoms with E-state index < -0.39 is 0 Å². The standard InChI is InChI=1S/C10H13N3O2/c1-15-10-9(11-4-5-12-10)13-6-2-8(14)3-7-13/h4-5H,2-3,6-7H2,1H3. The summed E-state index contributed by atoms with van der Waals surface area (Å²) >= 11 is 0. The maximum Gasteiger partial charge on any atom is 0.257 e. The minimum atomic E-state index is 0.314. The van der Waals surface area contributed by atoms with Crippen molar-refractivity contribution in [1.29, 1.82) is 0 Å². The number of ketones is 1. The largest absolute Gasteiger partial charge is 0.478 e. The lowest BCUT2D eigenvalue weighted by Crippen LogP contribution is -2.34. The molecule has 2 heterocycles. The molecule has 1 aromatic heterocycles. The van der Waals surface area contributed by atoms with E-state index in [1.54, 1.807) is 19.5 Å². The molecule has 5 heteroatoms. The number of ether oxygens (including phenoxy) is 1. The summed E-state index contributed by atoms with van der Waals surface area (Å²) in [5.74, 6) is 1.56. The summed E-state index contributed by atoms with van der Waals surface area (Å²) in [7, 11) is 1.57. The number of hydrogen-bond acceptors (Lipinski definition) is 5. The molecule has 0 spiro atoms. The second-order valence-corrected chi connectivity index (χ2v) is 3.41. The third-order valence-electron chi connectivity index (χ3n) is 2.46. The van der Waals surface area contributed by atoms with Gasteiger partial charge in [-0.15, -0.1) is 0 Å². The van der Waals surface area contributed by atoms with Crippen molar-refractivity contribution in [2.75, 3.05) is 25.1 Å². The van der Waals surface area contributed by atoms with Crippen molar-refractivity contribution in [2.24, 2.45) is 0 Å². The van der Waals surface area contributed by atoms with Gasteiger partial charge < -0.3 is 9.64 Å². The predicted molar refractivity (Wildman–Crippen MR) is 55.0 cm³/mol. The molecule has 0 aliphatic carbocycles. The number of hydrogen-bond donors (Lipinski definition) is 0. The van der Waals surface area contributed by atoms with E-state index in [0.717, 1.165) is 5.82 Å². The molecule has 80 valence electrons. The summed E-state index contributed by atoms with van der Waals surface area (Å²) in [5.41, 5.74) is 0. The Morgan fingerprint density at radius 1 is 1.27 bits per heavy atom. The quantitative estimate of drug-likeness (QED) is 0.712. The van der Waals surface area contributed by atoms with Gasteiger partial charge in [0.05, 0.1) is 7.11 Å². The number of carbonyl (C=O) groups is 1. The molecule has 1 saturated heterocycles. The number of rotatable bonds is 2. The summed E-state index contributed by atoms with van der Waals surface area (Å²) in [4.78, 5) is 21.4. The summed E-state index contributed by atoms with van der Waals surface area (Å²) in [5, 5.41) is 0. The first-order valence-electron chi connectivity index (χ1n) is 4.93. The Balaban J connectivity index is 2.18. The highest BCUT2D eigenvalue weighted by Crippen LogP contribution is 2.24. The zero-order chi connectivity index (χ0) is 10.7. The second kappa shape index (κ2) is 4.25. The Morgan fingerprint density at radius 2 is 1.93 bits per heavy atom. The molecule has 0 radical (unpaired) electrons. The van der Waals surface area contributed by atoms with Crippen LogP contribution in [-0.2, 0) is 4.79 Å². The van der Waals surface area contributed by atoms with Crippen molar-refractivity contribution in [1.82, 2.24) is 9.97 Å². The molecule has 0 atom stereocenters. The molecule has 0 amide bonds. The van der Waals surface area contributed by atoms with E-state index in [2.05, 4.69) is 9.97 Å². The zero-order valence-electron chi connectivity index (χ0n) is 8.64. The fourth-order valence-corrected chi connectivity index (χ4v) is 1.65. The van der Waals surface area contributed by atoms with Crippen molar-refractivity contribution in [3.63, 3.8) is 0 Å². The predicted octanol–water partition coefficient (Wildman–Crippen LogP) is 0.654. The molecule has 15 heavy (non-hydrogen) atoms. The normalized spacial score (nSPS) is 16.6.